The van der Waals surface area contributed by atoms with Crippen molar-refractivity contribution in [3.8, 4) is 10.7 Å². The summed E-state index contributed by atoms with van der Waals surface area (Å²) in [6.45, 7) is 1.99. The predicted molar refractivity (Wildman–Crippen MR) is 83.8 cm³/mol. The molecule has 0 saturated heterocycles. The molecule has 7 nitrogen and oxygen atoms in total. The van der Waals surface area contributed by atoms with Gasteiger partial charge in [0.05, 0.1) is 4.88 Å². The Hall–Kier alpha value is -2.13. The Morgan fingerprint density at radius 2 is 2.32 bits per heavy atom. The summed E-state index contributed by atoms with van der Waals surface area (Å²) in [5, 5.41) is 17.9. The number of anilines is 1. The van der Waals surface area contributed by atoms with Gasteiger partial charge >= 0.3 is 0 Å². The van der Waals surface area contributed by atoms with Crippen LogP contribution in [0.2, 0.25) is 0 Å². The van der Waals surface area contributed by atoms with E-state index in [0.29, 0.717) is 23.3 Å². The summed E-state index contributed by atoms with van der Waals surface area (Å²) >= 11 is 2.92. The van der Waals surface area contributed by atoms with Gasteiger partial charge in [0, 0.05) is 12.8 Å². The lowest BCUT2D eigenvalue weighted by molar-refractivity contribution is -0.116. The maximum absolute atomic E-state index is 11.9. The smallest absolute Gasteiger partial charge is 0.227 e. The van der Waals surface area contributed by atoms with Gasteiger partial charge in [-0.05, 0) is 17.9 Å². The number of hydrogen-bond acceptors (Lipinski definition) is 8. The molecule has 22 heavy (non-hydrogen) atoms. The van der Waals surface area contributed by atoms with Crippen molar-refractivity contribution in [3.63, 3.8) is 0 Å². The van der Waals surface area contributed by atoms with E-state index in [1.807, 2.05) is 24.4 Å². The Bertz CT molecular complexity index is 750. The highest BCUT2D eigenvalue weighted by Crippen LogP contribution is 2.21. The van der Waals surface area contributed by atoms with Crippen LogP contribution in [0.15, 0.2) is 22.0 Å². The highest BCUT2D eigenvalue weighted by atomic mass is 32.1. The number of aryl methyl sites for hydroxylation is 2. The lowest BCUT2D eigenvalue weighted by Crippen LogP contribution is -2.12. The first-order chi connectivity index (χ1) is 10.7. The Kier molecular flexibility index (Phi) is 4.54. The third kappa shape index (κ3) is 3.55. The molecule has 0 atom stereocenters. The summed E-state index contributed by atoms with van der Waals surface area (Å²) < 4.78 is 5.15. The molecule has 0 fully saturated rings. The van der Waals surface area contributed by atoms with Gasteiger partial charge in [-0.1, -0.05) is 29.5 Å². The number of rotatable bonds is 6. The minimum absolute atomic E-state index is 0.144. The maximum Gasteiger partial charge on any atom is 0.227 e. The monoisotopic (exact) mass is 335 g/mol. The largest absolute Gasteiger partial charge is 0.339 e. The molecule has 3 heterocycles. The number of nitrogens with one attached hydrogen (secondary N) is 1. The average molecular weight is 335 g/mol. The number of aromatic nitrogens is 4. The summed E-state index contributed by atoms with van der Waals surface area (Å²) in [6, 6.07) is 3.85. The summed E-state index contributed by atoms with van der Waals surface area (Å²) in [5.41, 5.74) is 0. The topological polar surface area (TPSA) is 93.8 Å². The van der Waals surface area contributed by atoms with E-state index in [-0.39, 0.29) is 12.3 Å². The molecule has 0 unspecified atom stereocenters. The molecule has 0 radical (unpaired) electrons. The van der Waals surface area contributed by atoms with Gasteiger partial charge in [0.1, 0.15) is 5.01 Å². The fourth-order valence-corrected chi connectivity index (χ4v) is 3.06. The van der Waals surface area contributed by atoms with Gasteiger partial charge in [0.2, 0.25) is 22.8 Å². The molecule has 1 N–H and O–H groups in total. The number of nitrogens with zero attached hydrogens (tertiary/aromatic N) is 4. The van der Waals surface area contributed by atoms with Crippen LogP contribution in [0.1, 0.15) is 24.2 Å². The molecule has 3 aromatic rings. The molecule has 0 bridgehead atoms. The van der Waals surface area contributed by atoms with Crippen molar-refractivity contribution in [3.05, 3.63) is 28.4 Å². The van der Waals surface area contributed by atoms with E-state index >= 15 is 0 Å². The predicted octanol–water partition coefficient (Wildman–Crippen LogP) is 2.78. The van der Waals surface area contributed by atoms with Gasteiger partial charge < -0.3 is 9.84 Å². The molecule has 3 aromatic heterocycles. The third-order valence-corrected chi connectivity index (χ3v) is 4.64. The number of carbonyl (C=O) groups is 1. The van der Waals surface area contributed by atoms with Gasteiger partial charge in [0.15, 0.2) is 0 Å². The molecule has 9 heteroatoms. The number of thiophene rings is 1. The van der Waals surface area contributed by atoms with Crippen molar-refractivity contribution in [1.29, 1.82) is 0 Å². The van der Waals surface area contributed by atoms with E-state index in [9.17, 15) is 4.79 Å². The molecular formula is C13H13N5O2S2. The van der Waals surface area contributed by atoms with E-state index in [4.69, 9.17) is 4.52 Å². The van der Waals surface area contributed by atoms with E-state index in [1.165, 1.54) is 11.3 Å². The van der Waals surface area contributed by atoms with Crippen molar-refractivity contribution in [2.75, 3.05) is 5.32 Å². The van der Waals surface area contributed by atoms with Crippen LogP contribution in [-0.4, -0.2) is 26.2 Å². The van der Waals surface area contributed by atoms with Gasteiger partial charge in [0.25, 0.3) is 0 Å². The van der Waals surface area contributed by atoms with Crippen LogP contribution >= 0.6 is 22.7 Å². The van der Waals surface area contributed by atoms with Gasteiger partial charge in [-0.15, -0.1) is 21.5 Å². The molecule has 0 aliphatic heterocycles. The van der Waals surface area contributed by atoms with Crippen molar-refractivity contribution in [2.45, 2.75) is 26.2 Å². The zero-order valence-electron chi connectivity index (χ0n) is 11.8. The second kappa shape index (κ2) is 6.75. The van der Waals surface area contributed by atoms with Crippen LogP contribution in [-0.2, 0) is 17.6 Å². The number of amides is 1. The Labute approximate surface area is 134 Å². The minimum atomic E-state index is -0.144. The van der Waals surface area contributed by atoms with Crippen molar-refractivity contribution in [1.82, 2.24) is 20.3 Å². The first-order valence-corrected chi connectivity index (χ1v) is 8.43. The van der Waals surface area contributed by atoms with Crippen LogP contribution in [0.4, 0.5) is 5.13 Å². The Morgan fingerprint density at radius 3 is 3.05 bits per heavy atom. The molecule has 0 saturated carbocycles. The van der Waals surface area contributed by atoms with Crippen LogP contribution in [0.5, 0.6) is 0 Å². The van der Waals surface area contributed by atoms with Crippen LogP contribution < -0.4 is 5.32 Å². The fourth-order valence-electron chi connectivity index (χ4n) is 1.71. The quantitative estimate of drug-likeness (QED) is 0.744. The fraction of sp³-hybridized carbons (Fsp3) is 0.308. The highest BCUT2D eigenvalue weighted by molar-refractivity contribution is 7.15. The average Bonchev–Trinajstić information content (AvgIpc) is 3.25. The van der Waals surface area contributed by atoms with Crippen molar-refractivity contribution in [2.24, 2.45) is 0 Å². The molecule has 1 amide bonds. The lowest BCUT2D eigenvalue weighted by atomic mass is 10.3. The number of hydrogen-bond donors (Lipinski definition) is 1. The van der Waals surface area contributed by atoms with Crippen LogP contribution in [0.25, 0.3) is 10.7 Å². The van der Waals surface area contributed by atoms with Crippen molar-refractivity contribution < 1.29 is 9.32 Å². The summed E-state index contributed by atoms with van der Waals surface area (Å²) in [6.07, 6.45) is 1.46. The van der Waals surface area contributed by atoms with Gasteiger partial charge in [-0.3, -0.25) is 4.79 Å². The normalized spacial score (nSPS) is 10.8. The molecule has 0 aliphatic rings. The Balaban J connectivity index is 1.52. The highest BCUT2D eigenvalue weighted by Gasteiger charge is 2.12. The van der Waals surface area contributed by atoms with E-state index in [2.05, 4.69) is 25.7 Å². The zero-order valence-corrected chi connectivity index (χ0v) is 13.4. The van der Waals surface area contributed by atoms with E-state index < -0.39 is 0 Å². The first-order valence-electron chi connectivity index (χ1n) is 6.73. The van der Waals surface area contributed by atoms with Crippen molar-refractivity contribution >= 4 is 33.7 Å². The maximum atomic E-state index is 11.9. The lowest BCUT2D eigenvalue weighted by Gasteiger charge is -1.97. The van der Waals surface area contributed by atoms with E-state index in [1.54, 1.807) is 11.3 Å². The minimum Gasteiger partial charge on any atom is -0.339 e. The first kappa shape index (κ1) is 14.8. The molecule has 0 aromatic carbocycles. The molecule has 3 rings (SSSR count). The van der Waals surface area contributed by atoms with Crippen LogP contribution in [0.3, 0.4) is 0 Å². The molecular weight excluding hydrogens is 322 g/mol. The summed E-state index contributed by atoms with van der Waals surface area (Å²) in [4.78, 5) is 17.1. The van der Waals surface area contributed by atoms with Gasteiger partial charge in [-0.25, -0.2) is 0 Å². The SMILES string of the molecule is CCc1nnc(NC(=O)CCc2nc(-c3cccs3)no2)s1. The Morgan fingerprint density at radius 1 is 1.41 bits per heavy atom. The van der Waals surface area contributed by atoms with Gasteiger partial charge in [-0.2, -0.15) is 4.98 Å². The van der Waals surface area contributed by atoms with E-state index in [0.717, 1.165) is 16.3 Å². The second-order valence-electron chi connectivity index (χ2n) is 4.39. The molecule has 114 valence electrons. The molecule has 0 aliphatic carbocycles. The van der Waals surface area contributed by atoms with Crippen LogP contribution in [0, 0.1) is 0 Å². The molecule has 0 spiro atoms. The number of carbonyl (C=O) groups excluding carboxylic acids is 1. The zero-order chi connectivity index (χ0) is 15.4. The summed E-state index contributed by atoms with van der Waals surface area (Å²) in [5.74, 6) is 0.863. The third-order valence-electron chi connectivity index (χ3n) is 2.79. The standard InChI is InChI=1S/C13H13N5O2S2/c1-2-11-16-17-13(22-11)14-9(19)5-6-10-15-12(18-20-10)8-4-3-7-21-8/h3-4,7H,2,5-6H2,1H3,(H,14,17,19). The second-order valence-corrected chi connectivity index (χ2v) is 6.40. The summed E-state index contributed by atoms with van der Waals surface area (Å²) in [7, 11) is 0.